The summed E-state index contributed by atoms with van der Waals surface area (Å²) in [5.41, 5.74) is 6.39. The van der Waals surface area contributed by atoms with Crippen molar-refractivity contribution in [1.29, 1.82) is 0 Å². The monoisotopic (exact) mass is 419 g/mol. The molecule has 1 unspecified atom stereocenters. The molecule has 1 aliphatic heterocycles. The van der Waals surface area contributed by atoms with E-state index in [-0.39, 0.29) is 11.9 Å². The Morgan fingerprint density at radius 1 is 1.19 bits per heavy atom. The number of rotatable bonds is 6. The normalized spacial score (nSPS) is 14.2. The molecule has 0 spiro atoms. The summed E-state index contributed by atoms with van der Waals surface area (Å²) in [7, 11) is 1.50. The van der Waals surface area contributed by atoms with E-state index < -0.39 is 0 Å². The topological polar surface area (TPSA) is 111 Å². The highest BCUT2D eigenvalue weighted by molar-refractivity contribution is 5.92. The number of para-hydroxylation sites is 1. The molecule has 0 fully saturated rings. The minimum atomic E-state index is -0.239. The summed E-state index contributed by atoms with van der Waals surface area (Å²) < 4.78 is 7.53. The largest absolute Gasteiger partial charge is 0.457 e. The van der Waals surface area contributed by atoms with E-state index in [4.69, 9.17) is 4.74 Å². The van der Waals surface area contributed by atoms with Gasteiger partial charge >= 0.3 is 0 Å². The lowest BCUT2D eigenvalue weighted by atomic mass is 10.1. The van der Waals surface area contributed by atoms with Crippen molar-refractivity contribution in [3.05, 3.63) is 72.8 Å². The Balaban J connectivity index is 0.00000132. The number of hydrogen-bond donors (Lipinski definition) is 3. The van der Waals surface area contributed by atoms with Gasteiger partial charge < -0.3 is 21.1 Å². The number of aldehydes is 1. The standard InChI is InChI=1S/C22H20N4O3.CH5N/c1-2-20(28)24-16-12-23-22-19(14-27)21(25-26(22)13-16)15-8-10-18(11-9-15)29-17-6-4-3-5-7-17;1-2/h2-11,14,16,23H,1,12-13H2,(H,24,28);2H2,1H3. The second kappa shape index (κ2) is 10.2. The number of nitrogens with two attached hydrogens (primary N) is 1. The summed E-state index contributed by atoms with van der Waals surface area (Å²) >= 11 is 0. The average Bonchev–Trinajstić information content (AvgIpc) is 3.19. The SMILES string of the molecule is C=CC(=O)NC1CNc2c(C=O)c(-c3ccc(Oc4ccccc4)cc3)nn2C1.CN. The number of amides is 1. The molecule has 4 rings (SSSR count). The molecule has 1 aliphatic rings. The number of benzene rings is 2. The van der Waals surface area contributed by atoms with Gasteiger partial charge in [-0.1, -0.05) is 24.8 Å². The van der Waals surface area contributed by atoms with Crippen LogP contribution in [-0.2, 0) is 11.3 Å². The van der Waals surface area contributed by atoms with Crippen molar-refractivity contribution >= 4 is 18.0 Å². The van der Waals surface area contributed by atoms with E-state index in [9.17, 15) is 9.59 Å². The van der Waals surface area contributed by atoms with Gasteiger partial charge in [-0.3, -0.25) is 9.59 Å². The van der Waals surface area contributed by atoms with Crippen LogP contribution in [-0.4, -0.2) is 41.6 Å². The Kier molecular flexibility index (Phi) is 7.18. The van der Waals surface area contributed by atoms with E-state index >= 15 is 0 Å². The molecule has 1 atom stereocenters. The summed E-state index contributed by atoms with van der Waals surface area (Å²) in [6.07, 6.45) is 2.04. The maximum Gasteiger partial charge on any atom is 0.243 e. The van der Waals surface area contributed by atoms with Gasteiger partial charge in [0.15, 0.2) is 6.29 Å². The zero-order chi connectivity index (χ0) is 22.2. The summed E-state index contributed by atoms with van der Waals surface area (Å²) in [6.45, 7) is 4.44. The van der Waals surface area contributed by atoms with Gasteiger partial charge in [-0.05, 0) is 49.5 Å². The molecule has 2 heterocycles. The number of nitrogens with one attached hydrogen (secondary N) is 2. The van der Waals surface area contributed by atoms with E-state index in [0.29, 0.717) is 35.9 Å². The van der Waals surface area contributed by atoms with Crippen LogP contribution in [0.2, 0.25) is 0 Å². The van der Waals surface area contributed by atoms with Gasteiger partial charge in [0.2, 0.25) is 5.91 Å². The molecule has 0 bridgehead atoms. The molecule has 8 nitrogen and oxygen atoms in total. The Hall–Kier alpha value is -3.91. The van der Waals surface area contributed by atoms with Crippen LogP contribution < -0.4 is 21.1 Å². The predicted octanol–water partition coefficient (Wildman–Crippen LogP) is 2.83. The lowest BCUT2D eigenvalue weighted by Gasteiger charge is -2.25. The second-order valence-corrected chi connectivity index (χ2v) is 6.64. The van der Waals surface area contributed by atoms with Crippen molar-refractivity contribution in [1.82, 2.24) is 15.1 Å². The number of nitrogens with zero attached hydrogens (tertiary/aromatic N) is 2. The molecule has 0 saturated carbocycles. The molecule has 0 saturated heterocycles. The van der Waals surface area contributed by atoms with E-state index in [2.05, 4.69) is 28.0 Å². The molecule has 0 radical (unpaired) electrons. The van der Waals surface area contributed by atoms with Crippen molar-refractivity contribution < 1.29 is 14.3 Å². The molecule has 31 heavy (non-hydrogen) atoms. The first kappa shape index (κ1) is 21.8. The van der Waals surface area contributed by atoms with Gasteiger partial charge in [0, 0.05) is 12.1 Å². The molecule has 0 aliphatic carbocycles. The zero-order valence-corrected chi connectivity index (χ0v) is 17.2. The van der Waals surface area contributed by atoms with Crippen LogP contribution in [0.25, 0.3) is 11.3 Å². The van der Waals surface area contributed by atoms with Crippen LogP contribution in [0, 0.1) is 0 Å². The first-order valence-electron chi connectivity index (χ1n) is 9.82. The van der Waals surface area contributed by atoms with Crippen molar-refractivity contribution in [2.24, 2.45) is 5.73 Å². The van der Waals surface area contributed by atoms with E-state index in [0.717, 1.165) is 17.6 Å². The minimum absolute atomic E-state index is 0.137. The first-order chi connectivity index (χ1) is 15.2. The smallest absolute Gasteiger partial charge is 0.243 e. The van der Waals surface area contributed by atoms with Gasteiger partial charge in [-0.2, -0.15) is 5.10 Å². The van der Waals surface area contributed by atoms with Crippen LogP contribution in [0.15, 0.2) is 67.3 Å². The molecule has 4 N–H and O–H groups in total. The van der Waals surface area contributed by atoms with Gasteiger partial charge in [-0.15, -0.1) is 0 Å². The summed E-state index contributed by atoms with van der Waals surface area (Å²) in [5.74, 6) is 1.87. The summed E-state index contributed by atoms with van der Waals surface area (Å²) in [4.78, 5) is 23.3. The van der Waals surface area contributed by atoms with Crippen molar-refractivity contribution in [2.75, 3.05) is 18.9 Å². The highest BCUT2D eigenvalue weighted by Gasteiger charge is 2.25. The maximum atomic E-state index is 11.7. The van der Waals surface area contributed by atoms with Crippen LogP contribution >= 0.6 is 0 Å². The number of anilines is 1. The second-order valence-electron chi connectivity index (χ2n) is 6.64. The molecule has 2 aromatic carbocycles. The zero-order valence-electron chi connectivity index (χ0n) is 17.2. The van der Waals surface area contributed by atoms with Gasteiger partial charge in [0.1, 0.15) is 23.0 Å². The fourth-order valence-electron chi connectivity index (χ4n) is 3.27. The van der Waals surface area contributed by atoms with Crippen molar-refractivity contribution in [3.8, 4) is 22.8 Å². The number of ether oxygens (including phenoxy) is 1. The summed E-state index contributed by atoms with van der Waals surface area (Å²) in [6, 6.07) is 16.8. The maximum absolute atomic E-state index is 11.7. The molecular weight excluding hydrogens is 394 g/mol. The van der Waals surface area contributed by atoms with E-state index in [1.807, 2.05) is 54.6 Å². The number of carbonyl (C=O) groups is 2. The lowest BCUT2D eigenvalue weighted by molar-refractivity contribution is -0.117. The number of fused-ring (bicyclic) bond motifs is 1. The fourth-order valence-corrected chi connectivity index (χ4v) is 3.27. The lowest BCUT2D eigenvalue weighted by Crippen LogP contribution is -2.45. The fraction of sp³-hybridized carbons (Fsp3) is 0.174. The molecular formula is C23H25N5O3. The van der Waals surface area contributed by atoms with E-state index in [1.165, 1.54) is 13.1 Å². The Morgan fingerprint density at radius 3 is 2.52 bits per heavy atom. The van der Waals surface area contributed by atoms with Crippen LogP contribution in [0.5, 0.6) is 11.5 Å². The van der Waals surface area contributed by atoms with Crippen LogP contribution in [0.4, 0.5) is 5.82 Å². The third kappa shape index (κ3) is 4.99. The predicted molar refractivity (Wildman–Crippen MR) is 120 cm³/mol. The van der Waals surface area contributed by atoms with Crippen molar-refractivity contribution in [2.45, 2.75) is 12.6 Å². The Bertz CT molecular complexity index is 1050. The third-order valence-corrected chi connectivity index (χ3v) is 4.65. The van der Waals surface area contributed by atoms with Gasteiger partial charge in [0.05, 0.1) is 18.2 Å². The Morgan fingerprint density at radius 2 is 1.87 bits per heavy atom. The van der Waals surface area contributed by atoms with Crippen molar-refractivity contribution in [3.63, 3.8) is 0 Å². The first-order valence-corrected chi connectivity index (χ1v) is 9.82. The van der Waals surface area contributed by atoms with Crippen LogP contribution in [0.3, 0.4) is 0 Å². The molecule has 3 aromatic rings. The quantitative estimate of drug-likeness (QED) is 0.419. The van der Waals surface area contributed by atoms with Crippen LogP contribution in [0.1, 0.15) is 10.4 Å². The number of carbonyl (C=O) groups excluding carboxylic acids is 2. The third-order valence-electron chi connectivity index (χ3n) is 4.65. The molecule has 8 heteroatoms. The summed E-state index contributed by atoms with van der Waals surface area (Å²) in [5, 5.41) is 10.6. The molecule has 1 aromatic heterocycles. The molecule has 160 valence electrons. The minimum Gasteiger partial charge on any atom is -0.457 e. The highest BCUT2D eigenvalue weighted by atomic mass is 16.5. The number of hydrogen-bond acceptors (Lipinski definition) is 6. The number of aromatic nitrogens is 2. The van der Waals surface area contributed by atoms with Gasteiger partial charge in [-0.25, -0.2) is 4.68 Å². The average molecular weight is 419 g/mol. The van der Waals surface area contributed by atoms with E-state index in [1.54, 1.807) is 4.68 Å². The van der Waals surface area contributed by atoms with Gasteiger partial charge in [0.25, 0.3) is 0 Å². The highest BCUT2D eigenvalue weighted by Crippen LogP contribution is 2.31. The molecule has 1 amide bonds. The Labute approximate surface area is 180 Å².